The van der Waals surface area contributed by atoms with Crippen LogP contribution in [-0.4, -0.2) is 79.5 Å². The lowest BCUT2D eigenvalue weighted by Gasteiger charge is -2.41. The Morgan fingerprint density at radius 1 is 1.06 bits per heavy atom. The zero-order valence-electron chi connectivity index (χ0n) is 26.5. The Balaban J connectivity index is 1.22. The molecule has 1 saturated heterocycles. The summed E-state index contributed by atoms with van der Waals surface area (Å²) in [5, 5.41) is 6.83. The third kappa shape index (κ3) is 9.05. The molecule has 250 valence electrons. The van der Waals surface area contributed by atoms with E-state index in [4.69, 9.17) is 37.3 Å². The van der Waals surface area contributed by atoms with Crippen LogP contribution in [0.3, 0.4) is 0 Å². The second kappa shape index (κ2) is 16.2. The van der Waals surface area contributed by atoms with Crippen molar-refractivity contribution >= 4 is 45.6 Å². The number of carbonyl (C=O) groups excluding carboxylic acids is 1. The summed E-state index contributed by atoms with van der Waals surface area (Å²) in [6.45, 7) is 5.91. The van der Waals surface area contributed by atoms with Gasteiger partial charge in [-0.3, -0.25) is 4.79 Å². The van der Waals surface area contributed by atoms with E-state index in [1.807, 2.05) is 24.3 Å². The standard InChI is InChI=1S/C34H41ClFN7O4/c1-45-31-20-30-26(33(40-22-39-30)41-25-9-10-28(36)27(35)18-25)19-32(31)47-15-3-12-43(13-16-46-17-14-43)21-23-5-7-24(8-6-23)42-34(44)29(38)4-2-11-37/h5-10,18-20,22,29H,2-4,11-17,21,37-38H2,1H3,(H-,39,40,41,42,44)/p+1. The van der Waals surface area contributed by atoms with Crippen molar-refractivity contribution in [2.75, 3.05) is 63.7 Å². The third-order valence-corrected chi connectivity index (χ3v) is 8.64. The number of rotatable bonds is 15. The van der Waals surface area contributed by atoms with Gasteiger partial charge in [0.25, 0.3) is 0 Å². The zero-order chi connectivity index (χ0) is 33.2. The van der Waals surface area contributed by atoms with E-state index >= 15 is 0 Å². The average molecular weight is 667 g/mol. The molecule has 13 heteroatoms. The van der Waals surface area contributed by atoms with Crippen LogP contribution in [0.15, 0.2) is 60.9 Å². The Morgan fingerprint density at radius 3 is 2.55 bits per heavy atom. The van der Waals surface area contributed by atoms with Crippen LogP contribution in [-0.2, 0) is 16.1 Å². The SMILES string of the molecule is COc1cc2ncnc(Nc3ccc(F)c(Cl)c3)c2cc1OCCC[N+]1(Cc2ccc(NC(=O)C(N)CCCN)cc2)CCOCC1. The second-order valence-electron chi connectivity index (χ2n) is 11.7. The van der Waals surface area contributed by atoms with E-state index in [-0.39, 0.29) is 10.9 Å². The summed E-state index contributed by atoms with van der Waals surface area (Å²) < 4.78 is 32.2. The summed E-state index contributed by atoms with van der Waals surface area (Å²) in [7, 11) is 1.59. The maximum Gasteiger partial charge on any atom is 0.241 e. The minimum atomic E-state index is -0.578. The molecular formula is C34H42ClFN7O4+. The number of anilines is 3. The summed E-state index contributed by atoms with van der Waals surface area (Å²) in [6, 6.07) is 15.4. The van der Waals surface area contributed by atoms with Gasteiger partial charge in [0.15, 0.2) is 11.5 Å². The molecule has 0 bridgehead atoms. The molecule has 1 unspecified atom stereocenters. The van der Waals surface area contributed by atoms with Crippen LogP contribution >= 0.6 is 11.6 Å². The number of nitrogens with zero attached hydrogens (tertiary/aromatic N) is 3. The van der Waals surface area contributed by atoms with E-state index in [9.17, 15) is 9.18 Å². The Labute approximate surface area is 278 Å². The molecule has 0 saturated carbocycles. The van der Waals surface area contributed by atoms with Crippen molar-refractivity contribution in [2.24, 2.45) is 11.5 Å². The number of morpholine rings is 1. The van der Waals surface area contributed by atoms with Gasteiger partial charge < -0.3 is 40.8 Å². The second-order valence-corrected chi connectivity index (χ2v) is 12.1. The first-order chi connectivity index (χ1) is 22.8. The van der Waals surface area contributed by atoms with E-state index in [0.29, 0.717) is 67.7 Å². The van der Waals surface area contributed by atoms with E-state index in [2.05, 4.69) is 32.7 Å². The number of carbonyl (C=O) groups is 1. The fourth-order valence-corrected chi connectivity index (χ4v) is 5.88. The molecule has 3 aromatic carbocycles. The van der Waals surface area contributed by atoms with Gasteiger partial charge in [-0.05, 0) is 55.8 Å². The summed E-state index contributed by atoms with van der Waals surface area (Å²) >= 11 is 5.98. The molecule has 0 spiro atoms. The van der Waals surface area contributed by atoms with Gasteiger partial charge >= 0.3 is 0 Å². The number of ether oxygens (including phenoxy) is 3. The molecule has 6 N–H and O–H groups in total. The first kappa shape index (κ1) is 34.3. The minimum Gasteiger partial charge on any atom is -0.493 e. The molecule has 1 aliphatic rings. The quantitative estimate of drug-likeness (QED) is 0.102. The predicted octanol–water partition coefficient (Wildman–Crippen LogP) is 5.00. The number of hydrogen-bond acceptors (Lipinski definition) is 9. The predicted molar refractivity (Wildman–Crippen MR) is 182 cm³/mol. The summed E-state index contributed by atoms with van der Waals surface area (Å²) in [4.78, 5) is 21.2. The van der Waals surface area contributed by atoms with Gasteiger partial charge in [0.1, 0.15) is 37.6 Å². The molecule has 11 nitrogen and oxygen atoms in total. The maximum absolute atomic E-state index is 13.7. The fourth-order valence-electron chi connectivity index (χ4n) is 5.70. The lowest BCUT2D eigenvalue weighted by Crippen LogP contribution is -2.55. The van der Waals surface area contributed by atoms with E-state index in [0.717, 1.165) is 48.2 Å². The lowest BCUT2D eigenvalue weighted by molar-refractivity contribution is -0.947. The Kier molecular flexibility index (Phi) is 11.8. The van der Waals surface area contributed by atoms with Gasteiger partial charge in [0.05, 0.1) is 50.1 Å². The molecule has 1 atom stereocenters. The Hall–Kier alpha value is -4.07. The highest BCUT2D eigenvalue weighted by molar-refractivity contribution is 6.31. The number of fused-ring (bicyclic) bond motifs is 1. The number of hydrogen-bond donors (Lipinski definition) is 4. The summed E-state index contributed by atoms with van der Waals surface area (Å²) in [5.74, 6) is 0.968. The first-order valence-corrected chi connectivity index (χ1v) is 16.1. The highest BCUT2D eigenvalue weighted by Gasteiger charge is 2.30. The van der Waals surface area contributed by atoms with Crippen LogP contribution in [0.5, 0.6) is 11.5 Å². The molecule has 0 radical (unpaired) electrons. The van der Waals surface area contributed by atoms with E-state index in [1.54, 1.807) is 13.2 Å². The van der Waals surface area contributed by atoms with Gasteiger partial charge in [0.2, 0.25) is 5.91 Å². The number of benzene rings is 3. The van der Waals surface area contributed by atoms with Gasteiger partial charge in [0, 0.05) is 34.8 Å². The van der Waals surface area contributed by atoms with Crippen molar-refractivity contribution < 1.29 is 27.9 Å². The molecular weight excluding hydrogens is 625 g/mol. The van der Waals surface area contributed by atoms with Crippen molar-refractivity contribution in [3.8, 4) is 11.5 Å². The highest BCUT2D eigenvalue weighted by Crippen LogP contribution is 2.35. The van der Waals surface area contributed by atoms with Crippen molar-refractivity contribution in [3.05, 3.63) is 77.3 Å². The molecule has 1 aliphatic heterocycles. The monoisotopic (exact) mass is 666 g/mol. The maximum atomic E-state index is 13.7. The van der Waals surface area contributed by atoms with Gasteiger partial charge in [-0.15, -0.1) is 0 Å². The van der Waals surface area contributed by atoms with E-state index in [1.165, 1.54) is 24.0 Å². The number of aromatic nitrogens is 2. The Morgan fingerprint density at radius 2 is 1.83 bits per heavy atom. The molecule has 47 heavy (non-hydrogen) atoms. The van der Waals surface area contributed by atoms with Gasteiger partial charge in [-0.2, -0.15) is 0 Å². The van der Waals surface area contributed by atoms with Crippen LogP contribution in [0.4, 0.5) is 21.6 Å². The summed E-state index contributed by atoms with van der Waals surface area (Å²) in [5.41, 5.74) is 14.7. The molecule has 4 aromatic rings. The zero-order valence-corrected chi connectivity index (χ0v) is 27.3. The van der Waals surface area contributed by atoms with E-state index < -0.39 is 11.9 Å². The van der Waals surface area contributed by atoms with Crippen molar-refractivity contribution in [1.29, 1.82) is 0 Å². The largest absolute Gasteiger partial charge is 0.493 e. The molecule has 1 aromatic heterocycles. The lowest BCUT2D eigenvalue weighted by atomic mass is 10.1. The van der Waals surface area contributed by atoms with Crippen molar-refractivity contribution in [3.63, 3.8) is 0 Å². The topological polar surface area (TPSA) is 147 Å². The molecule has 2 heterocycles. The number of methoxy groups -OCH3 is 1. The van der Waals surface area contributed by atoms with Crippen LogP contribution in [0.25, 0.3) is 10.9 Å². The molecule has 1 fully saturated rings. The van der Waals surface area contributed by atoms with Crippen LogP contribution in [0.1, 0.15) is 24.8 Å². The first-order valence-electron chi connectivity index (χ1n) is 15.7. The third-order valence-electron chi connectivity index (χ3n) is 8.35. The number of quaternary nitrogens is 1. The van der Waals surface area contributed by atoms with Gasteiger partial charge in [-0.1, -0.05) is 23.7 Å². The fraction of sp³-hybridized carbons (Fsp3) is 0.382. The summed E-state index contributed by atoms with van der Waals surface area (Å²) in [6.07, 6.45) is 3.52. The molecule has 1 amide bonds. The highest BCUT2D eigenvalue weighted by atomic mass is 35.5. The molecule has 0 aliphatic carbocycles. The van der Waals surface area contributed by atoms with Gasteiger partial charge in [-0.25, -0.2) is 14.4 Å². The molecule has 5 rings (SSSR count). The van der Waals surface area contributed by atoms with Crippen molar-refractivity contribution in [2.45, 2.75) is 31.8 Å². The van der Waals surface area contributed by atoms with Crippen LogP contribution in [0, 0.1) is 5.82 Å². The van der Waals surface area contributed by atoms with Crippen molar-refractivity contribution in [1.82, 2.24) is 9.97 Å². The normalized spacial score (nSPS) is 14.8. The Bertz CT molecular complexity index is 1650. The number of amides is 1. The average Bonchev–Trinajstić information content (AvgIpc) is 3.08. The van der Waals surface area contributed by atoms with Crippen LogP contribution in [0.2, 0.25) is 5.02 Å². The number of nitrogens with two attached hydrogens (primary N) is 2. The van der Waals surface area contributed by atoms with Crippen LogP contribution < -0.4 is 31.6 Å². The number of halogens is 2. The number of nitrogens with one attached hydrogen (secondary N) is 2. The minimum absolute atomic E-state index is 0.0141. The smallest absolute Gasteiger partial charge is 0.241 e.